The minimum absolute atomic E-state index is 0.409. The van der Waals surface area contributed by atoms with Crippen LogP contribution in [0.4, 0.5) is 0 Å². The summed E-state index contributed by atoms with van der Waals surface area (Å²) < 4.78 is 1.89. The highest BCUT2D eigenvalue weighted by molar-refractivity contribution is 7.11. The summed E-state index contributed by atoms with van der Waals surface area (Å²) in [6.45, 7) is 12.8. The summed E-state index contributed by atoms with van der Waals surface area (Å²) in [6, 6.07) is 0. The molecule has 2 aromatic heterocycles. The van der Waals surface area contributed by atoms with Crippen molar-refractivity contribution in [2.75, 3.05) is 13.6 Å². The second-order valence-electron chi connectivity index (χ2n) is 6.64. The number of nitrogens with one attached hydrogen (secondary N) is 1. The van der Waals surface area contributed by atoms with E-state index in [0.717, 1.165) is 35.4 Å². The van der Waals surface area contributed by atoms with E-state index in [-0.39, 0.29) is 0 Å². The maximum absolute atomic E-state index is 4.81. The van der Waals surface area contributed by atoms with Crippen LogP contribution in [0.3, 0.4) is 0 Å². The van der Waals surface area contributed by atoms with E-state index >= 15 is 0 Å². The quantitative estimate of drug-likeness (QED) is 0.633. The van der Waals surface area contributed by atoms with Gasteiger partial charge in [0.05, 0.1) is 22.9 Å². The van der Waals surface area contributed by atoms with Gasteiger partial charge < -0.3 is 10.2 Å². The van der Waals surface area contributed by atoms with Gasteiger partial charge in [-0.05, 0) is 26.7 Å². The largest absolute Gasteiger partial charge is 0.357 e. The third-order valence-electron chi connectivity index (χ3n) is 3.96. The normalized spacial score (nSPS) is 12.1. The molecular weight excluding hydrogens is 332 g/mol. The Morgan fingerprint density at radius 3 is 2.68 bits per heavy atom. The van der Waals surface area contributed by atoms with Crippen molar-refractivity contribution in [3.05, 3.63) is 33.0 Å². The van der Waals surface area contributed by atoms with Gasteiger partial charge in [0.15, 0.2) is 5.96 Å². The van der Waals surface area contributed by atoms with Gasteiger partial charge in [-0.25, -0.2) is 9.98 Å². The lowest BCUT2D eigenvalue weighted by atomic mass is 10.1. The first-order valence-electron chi connectivity index (χ1n) is 8.76. The first-order chi connectivity index (χ1) is 11.8. The molecule has 0 atom stereocenters. The molecule has 2 heterocycles. The second kappa shape index (κ2) is 8.47. The number of aliphatic imine (C=N–C) groups is 1. The fourth-order valence-corrected chi connectivity index (χ4v) is 3.69. The molecule has 0 aliphatic rings. The molecule has 0 unspecified atom stereocenters. The molecule has 6 nitrogen and oxygen atoms in total. The summed E-state index contributed by atoms with van der Waals surface area (Å²) in [7, 11) is 4.05. The molecule has 0 radical (unpaired) electrons. The van der Waals surface area contributed by atoms with Gasteiger partial charge in [-0.2, -0.15) is 5.10 Å². The zero-order valence-corrected chi connectivity index (χ0v) is 17.2. The lowest BCUT2D eigenvalue weighted by Crippen LogP contribution is -2.38. The van der Waals surface area contributed by atoms with Crippen molar-refractivity contribution in [1.29, 1.82) is 0 Å². The molecule has 0 fully saturated rings. The number of guanidine groups is 1. The minimum Gasteiger partial charge on any atom is -0.357 e. The van der Waals surface area contributed by atoms with Gasteiger partial charge in [-0.3, -0.25) is 4.68 Å². The van der Waals surface area contributed by atoms with Crippen LogP contribution in [0.25, 0.3) is 0 Å². The van der Waals surface area contributed by atoms with Gasteiger partial charge in [0.1, 0.15) is 0 Å². The molecule has 0 aromatic carbocycles. The van der Waals surface area contributed by atoms with Gasteiger partial charge in [-0.1, -0.05) is 13.8 Å². The number of aryl methyl sites for hydroxylation is 3. The molecule has 2 aromatic rings. The van der Waals surface area contributed by atoms with Crippen LogP contribution in [0.5, 0.6) is 0 Å². The van der Waals surface area contributed by atoms with E-state index in [9.17, 15) is 0 Å². The highest BCUT2D eigenvalue weighted by Crippen LogP contribution is 2.20. The van der Waals surface area contributed by atoms with E-state index in [1.54, 1.807) is 11.3 Å². The van der Waals surface area contributed by atoms with Gasteiger partial charge in [0.2, 0.25) is 0 Å². The molecule has 2 rings (SSSR count). The van der Waals surface area contributed by atoms with Crippen LogP contribution in [0.2, 0.25) is 0 Å². The van der Waals surface area contributed by atoms with Crippen LogP contribution in [0.1, 0.15) is 53.5 Å². The lowest BCUT2D eigenvalue weighted by molar-refractivity contribution is 0.473. The predicted molar refractivity (Wildman–Crippen MR) is 105 cm³/mol. The molecule has 0 aliphatic heterocycles. The van der Waals surface area contributed by atoms with E-state index in [1.165, 1.54) is 10.4 Å². The minimum atomic E-state index is 0.409. The van der Waals surface area contributed by atoms with E-state index < -0.39 is 0 Å². The topological polar surface area (TPSA) is 58.3 Å². The molecule has 0 saturated heterocycles. The summed E-state index contributed by atoms with van der Waals surface area (Å²) in [6.07, 6.45) is 2.10. The highest BCUT2D eigenvalue weighted by atomic mass is 32.1. The standard InChI is InChI=1S/C18H30N6S/c1-8-19-18(20-9-16-13(4)21-14(5)25-16)23(6)10-15-11-24(7)22-17(15)12(2)3/h11-12H,8-10H2,1-7H3,(H,19,20). The zero-order valence-electron chi connectivity index (χ0n) is 16.4. The van der Waals surface area contributed by atoms with Crippen molar-refractivity contribution < 1.29 is 0 Å². The number of aromatic nitrogens is 3. The molecule has 0 amide bonds. The molecule has 0 bridgehead atoms. The highest BCUT2D eigenvalue weighted by Gasteiger charge is 2.15. The van der Waals surface area contributed by atoms with Crippen LogP contribution >= 0.6 is 11.3 Å². The number of hydrogen-bond acceptors (Lipinski definition) is 4. The van der Waals surface area contributed by atoms with Crippen molar-refractivity contribution in [2.24, 2.45) is 12.0 Å². The lowest BCUT2D eigenvalue weighted by Gasteiger charge is -2.22. The monoisotopic (exact) mass is 362 g/mol. The fourth-order valence-electron chi connectivity index (χ4n) is 2.83. The summed E-state index contributed by atoms with van der Waals surface area (Å²) >= 11 is 1.72. The van der Waals surface area contributed by atoms with E-state index in [4.69, 9.17) is 4.99 Å². The van der Waals surface area contributed by atoms with Gasteiger partial charge in [0, 0.05) is 43.8 Å². The molecule has 0 aliphatic carbocycles. The third-order valence-corrected chi connectivity index (χ3v) is 5.02. The number of nitrogens with zero attached hydrogens (tertiary/aromatic N) is 5. The molecule has 0 spiro atoms. The van der Waals surface area contributed by atoms with E-state index in [2.05, 4.69) is 61.2 Å². The Morgan fingerprint density at radius 1 is 1.40 bits per heavy atom. The molecule has 1 N–H and O–H groups in total. The number of hydrogen-bond donors (Lipinski definition) is 1. The first-order valence-corrected chi connectivity index (χ1v) is 9.58. The summed E-state index contributed by atoms with van der Waals surface area (Å²) in [5, 5.41) is 9.08. The first kappa shape index (κ1) is 19.4. The smallest absolute Gasteiger partial charge is 0.194 e. The Hall–Kier alpha value is -1.89. The van der Waals surface area contributed by atoms with Gasteiger partial charge in [-0.15, -0.1) is 11.3 Å². The van der Waals surface area contributed by atoms with Gasteiger partial charge in [0.25, 0.3) is 0 Å². The molecule has 7 heteroatoms. The van der Waals surface area contributed by atoms with Crippen LogP contribution < -0.4 is 5.32 Å². The van der Waals surface area contributed by atoms with Crippen molar-refractivity contribution in [2.45, 2.75) is 53.6 Å². The van der Waals surface area contributed by atoms with E-state index in [1.807, 2.05) is 18.7 Å². The zero-order chi connectivity index (χ0) is 18.6. The molecular formula is C18H30N6S. The average Bonchev–Trinajstić information content (AvgIpc) is 3.05. The summed E-state index contributed by atoms with van der Waals surface area (Å²) in [5.74, 6) is 1.32. The fraction of sp³-hybridized carbons (Fsp3) is 0.611. The summed E-state index contributed by atoms with van der Waals surface area (Å²) in [4.78, 5) is 12.7. The second-order valence-corrected chi connectivity index (χ2v) is 7.92. The molecule has 25 heavy (non-hydrogen) atoms. The molecule has 0 saturated carbocycles. The van der Waals surface area contributed by atoms with Crippen molar-refractivity contribution in [1.82, 2.24) is 25.0 Å². The van der Waals surface area contributed by atoms with Crippen LogP contribution in [-0.4, -0.2) is 39.2 Å². The maximum Gasteiger partial charge on any atom is 0.194 e. The predicted octanol–water partition coefficient (Wildman–Crippen LogP) is 3.21. The number of rotatable bonds is 6. The SMILES string of the molecule is CCNC(=NCc1sc(C)nc1C)N(C)Cc1cn(C)nc1C(C)C. The third kappa shape index (κ3) is 5.04. The van der Waals surface area contributed by atoms with Crippen molar-refractivity contribution in [3.8, 4) is 0 Å². The Labute approximate surface area is 155 Å². The average molecular weight is 363 g/mol. The van der Waals surface area contributed by atoms with Crippen molar-refractivity contribution >= 4 is 17.3 Å². The van der Waals surface area contributed by atoms with Crippen LogP contribution in [-0.2, 0) is 20.1 Å². The number of thiazole rings is 1. The Balaban J connectivity index is 2.16. The van der Waals surface area contributed by atoms with E-state index in [0.29, 0.717) is 12.5 Å². The van der Waals surface area contributed by atoms with Crippen LogP contribution in [0.15, 0.2) is 11.2 Å². The van der Waals surface area contributed by atoms with Gasteiger partial charge >= 0.3 is 0 Å². The Kier molecular flexibility index (Phi) is 6.58. The summed E-state index contributed by atoms with van der Waals surface area (Å²) in [5.41, 5.74) is 3.48. The Morgan fingerprint density at radius 2 is 2.12 bits per heavy atom. The van der Waals surface area contributed by atoms with Crippen LogP contribution in [0, 0.1) is 13.8 Å². The maximum atomic E-state index is 4.81. The molecule has 138 valence electrons. The van der Waals surface area contributed by atoms with Crippen molar-refractivity contribution in [3.63, 3.8) is 0 Å². The Bertz CT molecular complexity index is 728.